The quantitative estimate of drug-likeness (QED) is 0.752. The van der Waals surface area contributed by atoms with Gasteiger partial charge in [0, 0.05) is 5.02 Å². The third-order valence-corrected chi connectivity index (χ3v) is 4.17. The highest BCUT2D eigenvalue weighted by Gasteiger charge is 2.15. The number of hydrogen-bond donors (Lipinski definition) is 1. The Balaban J connectivity index is 1.76. The second kappa shape index (κ2) is 9.23. The lowest BCUT2D eigenvalue weighted by atomic mass is 9.98. The molecule has 0 unspecified atom stereocenters. The summed E-state index contributed by atoms with van der Waals surface area (Å²) in [5.74, 6) is -0.683. The minimum absolute atomic E-state index is 0.0437. The molecule has 0 spiro atoms. The number of carbonyl (C=O) groups is 2. The minimum atomic E-state index is -0.387. The van der Waals surface area contributed by atoms with E-state index in [-0.39, 0.29) is 36.9 Å². The molecule has 0 saturated heterocycles. The first-order valence-electron chi connectivity index (χ1n) is 8.21. The molecule has 0 bridgehead atoms. The zero-order valence-electron chi connectivity index (χ0n) is 14.4. The van der Waals surface area contributed by atoms with Gasteiger partial charge in [-0.3, -0.25) is 9.59 Å². The van der Waals surface area contributed by atoms with Crippen LogP contribution in [0.1, 0.15) is 43.4 Å². The number of rotatable bonds is 7. The third kappa shape index (κ3) is 6.24. The number of ether oxygens (including phenoxy) is 1. The van der Waals surface area contributed by atoms with E-state index < -0.39 is 0 Å². The maximum atomic E-state index is 12.0. The van der Waals surface area contributed by atoms with Crippen molar-refractivity contribution < 1.29 is 14.3 Å². The van der Waals surface area contributed by atoms with E-state index in [9.17, 15) is 9.59 Å². The van der Waals surface area contributed by atoms with Gasteiger partial charge < -0.3 is 10.1 Å². The zero-order valence-corrected chi connectivity index (χ0v) is 15.1. The van der Waals surface area contributed by atoms with Crippen LogP contribution in [0.3, 0.4) is 0 Å². The smallest absolute Gasteiger partial charge is 0.306 e. The first kappa shape index (κ1) is 19.0. The van der Waals surface area contributed by atoms with Gasteiger partial charge >= 0.3 is 5.97 Å². The summed E-state index contributed by atoms with van der Waals surface area (Å²) < 4.78 is 5.08. The molecule has 0 radical (unpaired) electrons. The number of amides is 1. The molecular weight excluding hydrogens is 338 g/mol. The molecule has 0 fully saturated rings. The average molecular weight is 360 g/mol. The molecule has 0 saturated carbocycles. The number of esters is 1. The first-order chi connectivity index (χ1) is 12.0. The Kier molecular flexibility index (Phi) is 7.02. The van der Waals surface area contributed by atoms with E-state index in [4.69, 9.17) is 16.3 Å². The summed E-state index contributed by atoms with van der Waals surface area (Å²) in [4.78, 5) is 23.9. The van der Waals surface area contributed by atoms with E-state index in [1.54, 1.807) is 12.1 Å². The predicted molar refractivity (Wildman–Crippen MR) is 98.4 cm³/mol. The minimum Gasteiger partial charge on any atom is -0.456 e. The van der Waals surface area contributed by atoms with Gasteiger partial charge in [0.1, 0.15) is 0 Å². The van der Waals surface area contributed by atoms with E-state index in [2.05, 4.69) is 5.32 Å². The second-order valence-corrected chi connectivity index (χ2v) is 6.46. The standard InChI is InChI=1S/C20H22ClNO3/c1-14(16-7-4-3-5-8-16)11-20(24)25-13-19(23)22-15(2)17-9-6-10-18(21)12-17/h3-10,12,14-15H,11,13H2,1-2H3,(H,22,23)/t14-,15+/m0/s1. The summed E-state index contributed by atoms with van der Waals surface area (Å²) in [5, 5.41) is 3.40. The fourth-order valence-electron chi connectivity index (χ4n) is 2.50. The van der Waals surface area contributed by atoms with Crippen LogP contribution in [0.5, 0.6) is 0 Å². The Morgan fingerprint density at radius 2 is 1.72 bits per heavy atom. The topological polar surface area (TPSA) is 55.4 Å². The van der Waals surface area contributed by atoms with Crippen molar-refractivity contribution in [3.8, 4) is 0 Å². The Labute approximate surface area is 153 Å². The summed E-state index contributed by atoms with van der Waals surface area (Å²) in [7, 11) is 0. The lowest BCUT2D eigenvalue weighted by Gasteiger charge is -2.15. The van der Waals surface area contributed by atoms with Crippen LogP contribution >= 0.6 is 11.6 Å². The molecule has 25 heavy (non-hydrogen) atoms. The summed E-state index contributed by atoms with van der Waals surface area (Å²) in [6.07, 6.45) is 0.237. The number of hydrogen-bond acceptors (Lipinski definition) is 3. The van der Waals surface area contributed by atoms with Crippen LogP contribution < -0.4 is 5.32 Å². The SMILES string of the molecule is C[C@@H](CC(=O)OCC(=O)N[C@H](C)c1cccc(Cl)c1)c1ccccc1. The number of carbonyl (C=O) groups excluding carboxylic acids is 2. The molecule has 2 atom stereocenters. The van der Waals surface area contributed by atoms with Crippen molar-refractivity contribution in [2.75, 3.05) is 6.61 Å². The predicted octanol–water partition coefficient (Wildman–Crippen LogP) is 4.25. The van der Waals surface area contributed by atoms with Crippen LogP contribution in [0.2, 0.25) is 5.02 Å². The van der Waals surface area contributed by atoms with Gasteiger partial charge in [-0.1, -0.05) is 61.0 Å². The second-order valence-electron chi connectivity index (χ2n) is 6.02. The fourth-order valence-corrected chi connectivity index (χ4v) is 2.70. The van der Waals surface area contributed by atoms with Crippen LogP contribution in [0.25, 0.3) is 0 Å². The largest absolute Gasteiger partial charge is 0.456 e. The normalized spacial score (nSPS) is 12.9. The average Bonchev–Trinajstić information content (AvgIpc) is 2.60. The Hall–Kier alpha value is -2.33. The molecule has 5 heteroatoms. The Morgan fingerprint density at radius 3 is 2.40 bits per heavy atom. The summed E-state index contributed by atoms with van der Waals surface area (Å²) in [6.45, 7) is 3.52. The number of halogens is 1. The van der Waals surface area contributed by atoms with Crippen molar-refractivity contribution in [1.82, 2.24) is 5.32 Å². The fraction of sp³-hybridized carbons (Fsp3) is 0.300. The molecule has 4 nitrogen and oxygen atoms in total. The third-order valence-electron chi connectivity index (χ3n) is 3.93. The van der Waals surface area contributed by atoms with Gasteiger partial charge in [0.25, 0.3) is 5.91 Å². The van der Waals surface area contributed by atoms with Crippen molar-refractivity contribution in [3.05, 3.63) is 70.7 Å². The van der Waals surface area contributed by atoms with Crippen molar-refractivity contribution in [2.24, 2.45) is 0 Å². The van der Waals surface area contributed by atoms with Crippen molar-refractivity contribution in [3.63, 3.8) is 0 Å². The van der Waals surface area contributed by atoms with Gasteiger partial charge in [-0.05, 0) is 36.1 Å². The van der Waals surface area contributed by atoms with E-state index in [1.165, 1.54) is 0 Å². The lowest BCUT2D eigenvalue weighted by molar-refractivity contribution is -0.149. The Bertz CT molecular complexity index is 718. The molecule has 0 heterocycles. The van der Waals surface area contributed by atoms with Gasteiger partial charge in [-0.15, -0.1) is 0 Å². The van der Waals surface area contributed by atoms with Crippen molar-refractivity contribution >= 4 is 23.5 Å². The number of nitrogens with one attached hydrogen (secondary N) is 1. The Morgan fingerprint density at radius 1 is 1.04 bits per heavy atom. The van der Waals surface area contributed by atoms with E-state index in [0.29, 0.717) is 5.02 Å². The molecule has 2 aromatic carbocycles. The molecule has 132 valence electrons. The van der Waals surface area contributed by atoms with Crippen LogP contribution in [0.15, 0.2) is 54.6 Å². The molecule has 0 aliphatic carbocycles. The maximum Gasteiger partial charge on any atom is 0.306 e. The summed E-state index contributed by atoms with van der Waals surface area (Å²) in [6, 6.07) is 16.8. The molecule has 0 aromatic heterocycles. The van der Waals surface area contributed by atoms with Crippen molar-refractivity contribution in [2.45, 2.75) is 32.2 Å². The molecule has 1 N–H and O–H groups in total. The molecule has 0 aliphatic heterocycles. The molecular formula is C20H22ClNO3. The molecule has 2 rings (SSSR count). The highest BCUT2D eigenvalue weighted by atomic mass is 35.5. The number of benzene rings is 2. The van der Waals surface area contributed by atoms with Crippen LogP contribution in [0, 0.1) is 0 Å². The van der Waals surface area contributed by atoms with Gasteiger partial charge in [-0.2, -0.15) is 0 Å². The van der Waals surface area contributed by atoms with Crippen LogP contribution in [-0.4, -0.2) is 18.5 Å². The highest BCUT2D eigenvalue weighted by molar-refractivity contribution is 6.30. The van der Waals surface area contributed by atoms with Crippen molar-refractivity contribution in [1.29, 1.82) is 0 Å². The molecule has 0 aliphatic rings. The first-order valence-corrected chi connectivity index (χ1v) is 8.59. The lowest BCUT2D eigenvalue weighted by Crippen LogP contribution is -2.31. The summed E-state index contributed by atoms with van der Waals surface area (Å²) >= 11 is 5.95. The van der Waals surface area contributed by atoms with Crippen LogP contribution in [-0.2, 0) is 14.3 Å². The highest BCUT2D eigenvalue weighted by Crippen LogP contribution is 2.19. The van der Waals surface area contributed by atoms with E-state index in [0.717, 1.165) is 11.1 Å². The molecule has 2 aromatic rings. The summed E-state index contributed by atoms with van der Waals surface area (Å²) in [5.41, 5.74) is 1.96. The zero-order chi connectivity index (χ0) is 18.2. The van der Waals surface area contributed by atoms with Gasteiger partial charge in [-0.25, -0.2) is 0 Å². The van der Waals surface area contributed by atoms with E-state index >= 15 is 0 Å². The van der Waals surface area contributed by atoms with Gasteiger partial charge in [0.2, 0.25) is 0 Å². The van der Waals surface area contributed by atoms with E-state index in [1.807, 2.05) is 56.3 Å². The maximum absolute atomic E-state index is 12.0. The molecule has 1 amide bonds. The van der Waals surface area contributed by atoms with Gasteiger partial charge in [0.05, 0.1) is 12.5 Å². The van der Waals surface area contributed by atoms with Gasteiger partial charge in [0.15, 0.2) is 6.61 Å². The monoisotopic (exact) mass is 359 g/mol. The van der Waals surface area contributed by atoms with Crippen LogP contribution in [0.4, 0.5) is 0 Å².